The van der Waals surface area contributed by atoms with Gasteiger partial charge in [0.15, 0.2) is 9.84 Å². The first-order valence-electron chi connectivity index (χ1n) is 9.41. The van der Waals surface area contributed by atoms with E-state index in [-0.39, 0.29) is 35.3 Å². The molecule has 8 nitrogen and oxygen atoms in total. The van der Waals surface area contributed by atoms with Crippen LogP contribution in [-0.2, 0) is 24.7 Å². The lowest BCUT2D eigenvalue weighted by molar-refractivity contribution is -0.129. The van der Waals surface area contributed by atoms with Crippen molar-refractivity contribution in [1.82, 2.24) is 9.62 Å². The van der Waals surface area contributed by atoms with Gasteiger partial charge in [0, 0.05) is 32.8 Å². The number of halogens is 1. The molecule has 2 aromatic carbocycles. The van der Waals surface area contributed by atoms with Gasteiger partial charge in [-0.15, -0.1) is 0 Å². The van der Waals surface area contributed by atoms with Crippen LogP contribution in [0.25, 0.3) is 0 Å². The summed E-state index contributed by atoms with van der Waals surface area (Å²) < 4.78 is 68.1. The standard InChI is InChI=1S/C20H25FN2O6S2/c1-23(13-4-14-29-17-5-3-6-19(15-17)30(2,25)26)20(24)11-12-22-31(27,28)18-9-7-16(21)8-10-18/h3,5-10,15,22H,4,11-14H2,1-2H3. The van der Waals surface area contributed by atoms with E-state index in [1.807, 2.05) is 0 Å². The van der Waals surface area contributed by atoms with Gasteiger partial charge >= 0.3 is 0 Å². The number of ether oxygens (including phenoxy) is 1. The van der Waals surface area contributed by atoms with Crippen molar-refractivity contribution in [2.24, 2.45) is 0 Å². The molecule has 1 N–H and O–H groups in total. The second-order valence-electron chi connectivity index (χ2n) is 6.87. The van der Waals surface area contributed by atoms with Crippen LogP contribution in [-0.4, -0.2) is 60.6 Å². The summed E-state index contributed by atoms with van der Waals surface area (Å²) in [5, 5.41) is 0. The van der Waals surface area contributed by atoms with E-state index in [0.717, 1.165) is 30.5 Å². The van der Waals surface area contributed by atoms with Gasteiger partial charge in [-0.25, -0.2) is 25.9 Å². The molecule has 0 aliphatic heterocycles. The minimum atomic E-state index is -3.81. The zero-order valence-corrected chi connectivity index (χ0v) is 18.9. The van der Waals surface area contributed by atoms with E-state index in [1.54, 1.807) is 19.2 Å². The summed E-state index contributed by atoms with van der Waals surface area (Å²) in [7, 11) is -5.53. The Morgan fingerprint density at radius 1 is 1.06 bits per heavy atom. The number of hydrogen-bond acceptors (Lipinski definition) is 6. The molecule has 11 heteroatoms. The quantitative estimate of drug-likeness (QED) is 0.500. The first-order valence-corrected chi connectivity index (χ1v) is 12.8. The number of sulfonamides is 1. The first kappa shape index (κ1) is 24.8. The highest BCUT2D eigenvalue weighted by molar-refractivity contribution is 7.90. The predicted molar refractivity (Wildman–Crippen MR) is 114 cm³/mol. The van der Waals surface area contributed by atoms with Gasteiger partial charge in [-0.3, -0.25) is 4.79 Å². The van der Waals surface area contributed by atoms with Crippen LogP contribution in [0.4, 0.5) is 4.39 Å². The molecule has 0 heterocycles. The summed E-state index contributed by atoms with van der Waals surface area (Å²) in [6.45, 7) is 0.578. The van der Waals surface area contributed by atoms with E-state index in [1.165, 1.54) is 17.0 Å². The van der Waals surface area contributed by atoms with E-state index in [0.29, 0.717) is 18.7 Å². The van der Waals surface area contributed by atoms with Crippen LogP contribution >= 0.6 is 0 Å². The van der Waals surface area contributed by atoms with Gasteiger partial charge in [-0.2, -0.15) is 0 Å². The van der Waals surface area contributed by atoms with Crippen molar-refractivity contribution in [3.05, 3.63) is 54.3 Å². The van der Waals surface area contributed by atoms with Crippen LogP contribution < -0.4 is 9.46 Å². The van der Waals surface area contributed by atoms with E-state index in [4.69, 9.17) is 4.74 Å². The maximum absolute atomic E-state index is 12.9. The number of benzene rings is 2. The van der Waals surface area contributed by atoms with E-state index in [9.17, 15) is 26.0 Å². The van der Waals surface area contributed by atoms with Gasteiger partial charge in [0.25, 0.3) is 0 Å². The molecule has 170 valence electrons. The summed E-state index contributed by atoms with van der Waals surface area (Å²) in [6.07, 6.45) is 1.59. The molecule has 0 aliphatic rings. The van der Waals surface area contributed by atoms with Crippen molar-refractivity contribution in [3.8, 4) is 5.75 Å². The number of nitrogens with one attached hydrogen (secondary N) is 1. The van der Waals surface area contributed by atoms with E-state index in [2.05, 4.69) is 4.72 Å². The Bertz CT molecular complexity index is 1100. The Kier molecular flexibility index (Phi) is 8.54. The molecule has 2 aromatic rings. The van der Waals surface area contributed by atoms with Crippen molar-refractivity contribution >= 4 is 25.8 Å². The summed E-state index contributed by atoms with van der Waals surface area (Å²) in [4.78, 5) is 13.7. The zero-order valence-electron chi connectivity index (χ0n) is 17.2. The molecule has 1 amide bonds. The molecule has 2 rings (SSSR count). The van der Waals surface area contributed by atoms with Crippen LogP contribution in [0, 0.1) is 5.82 Å². The molecule has 0 saturated heterocycles. The maximum atomic E-state index is 12.9. The van der Waals surface area contributed by atoms with Gasteiger partial charge in [-0.05, 0) is 48.9 Å². The summed E-state index contributed by atoms with van der Waals surface area (Å²) in [6, 6.07) is 10.6. The van der Waals surface area contributed by atoms with Crippen LogP contribution in [0.3, 0.4) is 0 Å². The molecule has 0 aromatic heterocycles. The maximum Gasteiger partial charge on any atom is 0.240 e. The fourth-order valence-electron chi connectivity index (χ4n) is 2.59. The van der Waals surface area contributed by atoms with Crippen LogP contribution in [0.1, 0.15) is 12.8 Å². The van der Waals surface area contributed by atoms with E-state index < -0.39 is 25.7 Å². The summed E-state index contributed by atoms with van der Waals surface area (Å²) in [5.74, 6) is -0.365. The smallest absolute Gasteiger partial charge is 0.240 e. The average molecular weight is 473 g/mol. The van der Waals surface area contributed by atoms with Crippen molar-refractivity contribution < 1.29 is 30.8 Å². The molecular weight excluding hydrogens is 447 g/mol. The lowest BCUT2D eigenvalue weighted by Crippen LogP contribution is -2.33. The number of rotatable bonds is 11. The van der Waals surface area contributed by atoms with Crippen LogP contribution in [0.15, 0.2) is 58.3 Å². The number of carbonyl (C=O) groups is 1. The Balaban J connectivity index is 1.72. The topological polar surface area (TPSA) is 110 Å². The Morgan fingerprint density at radius 2 is 1.74 bits per heavy atom. The van der Waals surface area contributed by atoms with Gasteiger partial charge in [-0.1, -0.05) is 6.07 Å². The molecule has 0 radical (unpaired) electrons. The number of nitrogens with zero attached hydrogens (tertiary/aromatic N) is 1. The highest BCUT2D eigenvalue weighted by Gasteiger charge is 2.15. The summed E-state index contributed by atoms with van der Waals surface area (Å²) >= 11 is 0. The van der Waals surface area contributed by atoms with Crippen molar-refractivity contribution in [1.29, 1.82) is 0 Å². The lowest BCUT2D eigenvalue weighted by atomic mass is 10.3. The van der Waals surface area contributed by atoms with Gasteiger partial charge in [0.2, 0.25) is 15.9 Å². The minimum absolute atomic E-state index is 0.0335. The fraction of sp³-hybridized carbons (Fsp3) is 0.350. The zero-order chi connectivity index (χ0) is 23.1. The van der Waals surface area contributed by atoms with Crippen LogP contribution in [0.5, 0.6) is 5.75 Å². The molecule has 0 unspecified atom stereocenters. The second-order valence-corrected chi connectivity index (χ2v) is 10.6. The third kappa shape index (κ3) is 7.93. The number of carbonyl (C=O) groups excluding carboxylic acids is 1. The molecule has 31 heavy (non-hydrogen) atoms. The average Bonchev–Trinajstić information content (AvgIpc) is 2.70. The van der Waals surface area contributed by atoms with Gasteiger partial charge < -0.3 is 9.64 Å². The highest BCUT2D eigenvalue weighted by atomic mass is 32.2. The molecule has 0 saturated carbocycles. The number of hydrogen-bond donors (Lipinski definition) is 1. The Labute approximate surface area is 182 Å². The Hall–Kier alpha value is -2.50. The molecular formula is C20H25FN2O6S2. The minimum Gasteiger partial charge on any atom is -0.493 e. The molecule has 0 bridgehead atoms. The third-order valence-electron chi connectivity index (χ3n) is 4.32. The van der Waals surface area contributed by atoms with Crippen molar-refractivity contribution in [3.63, 3.8) is 0 Å². The highest BCUT2D eigenvalue weighted by Crippen LogP contribution is 2.17. The van der Waals surface area contributed by atoms with Crippen molar-refractivity contribution in [2.45, 2.75) is 22.6 Å². The lowest BCUT2D eigenvalue weighted by Gasteiger charge is -2.17. The predicted octanol–water partition coefficient (Wildman–Crippen LogP) is 1.83. The fourth-order valence-corrected chi connectivity index (χ4v) is 4.28. The molecule has 0 atom stereocenters. The number of sulfone groups is 1. The first-order chi connectivity index (χ1) is 14.5. The van der Waals surface area contributed by atoms with Crippen molar-refractivity contribution in [2.75, 3.05) is 33.0 Å². The second kappa shape index (κ2) is 10.7. The monoisotopic (exact) mass is 472 g/mol. The molecule has 0 spiro atoms. The largest absolute Gasteiger partial charge is 0.493 e. The van der Waals surface area contributed by atoms with Crippen LogP contribution in [0.2, 0.25) is 0 Å². The molecule has 0 fully saturated rings. The summed E-state index contributed by atoms with van der Waals surface area (Å²) in [5.41, 5.74) is 0. The Morgan fingerprint density at radius 3 is 2.39 bits per heavy atom. The SMILES string of the molecule is CN(CCCOc1cccc(S(C)(=O)=O)c1)C(=O)CCNS(=O)(=O)c1ccc(F)cc1. The number of amides is 1. The van der Waals surface area contributed by atoms with Gasteiger partial charge in [0.05, 0.1) is 16.4 Å². The normalized spacial score (nSPS) is 11.8. The molecule has 0 aliphatic carbocycles. The van der Waals surface area contributed by atoms with E-state index >= 15 is 0 Å². The third-order valence-corrected chi connectivity index (χ3v) is 6.91. The van der Waals surface area contributed by atoms with Gasteiger partial charge in [0.1, 0.15) is 11.6 Å².